The fourth-order valence-corrected chi connectivity index (χ4v) is 2.36. The van der Waals surface area contributed by atoms with Crippen molar-refractivity contribution >= 4 is 10.9 Å². The van der Waals surface area contributed by atoms with E-state index in [4.69, 9.17) is 0 Å². The van der Waals surface area contributed by atoms with Crippen LogP contribution >= 0.6 is 0 Å². The number of nitrogens with one attached hydrogen (secondary N) is 2. The molecule has 1 fully saturated rings. The molecule has 1 aromatic carbocycles. The predicted octanol–water partition coefficient (Wildman–Crippen LogP) is 0.534. The van der Waals surface area contributed by atoms with E-state index in [2.05, 4.69) is 10.3 Å². The van der Waals surface area contributed by atoms with Crippen molar-refractivity contribution in [3.63, 3.8) is 0 Å². The van der Waals surface area contributed by atoms with Crippen molar-refractivity contribution in [3.8, 4) is 0 Å². The second-order valence-corrected chi connectivity index (χ2v) is 4.23. The van der Waals surface area contributed by atoms with Crippen molar-refractivity contribution in [1.82, 2.24) is 10.3 Å². The Kier molecular flexibility index (Phi) is 2.21. The van der Waals surface area contributed by atoms with Crippen LogP contribution in [-0.4, -0.2) is 33.9 Å². The molecule has 16 heavy (non-hydrogen) atoms. The SMILES string of the molecule is O[C@H]1[C@H](O)CN[C@@H]1c1c[nH]c2ccccc12. The Hall–Kier alpha value is -1.36. The molecule has 0 saturated carbocycles. The van der Waals surface area contributed by atoms with Crippen LogP contribution in [0.3, 0.4) is 0 Å². The summed E-state index contributed by atoms with van der Waals surface area (Å²) in [7, 11) is 0. The Morgan fingerprint density at radius 3 is 2.75 bits per heavy atom. The molecule has 4 heteroatoms. The van der Waals surface area contributed by atoms with E-state index in [9.17, 15) is 10.2 Å². The van der Waals surface area contributed by atoms with Crippen molar-refractivity contribution in [3.05, 3.63) is 36.0 Å². The van der Waals surface area contributed by atoms with Gasteiger partial charge in [-0.05, 0) is 11.6 Å². The highest BCUT2D eigenvalue weighted by Gasteiger charge is 2.35. The van der Waals surface area contributed by atoms with Crippen LogP contribution in [0.15, 0.2) is 30.5 Å². The van der Waals surface area contributed by atoms with Gasteiger partial charge >= 0.3 is 0 Å². The second kappa shape index (κ2) is 3.59. The average molecular weight is 218 g/mol. The molecule has 0 aliphatic carbocycles. The molecular weight excluding hydrogens is 204 g/mol. The van der Waals surface area contributed by atoms with Gasteiger partial charge in [0.25, 0.3) is 0 Å². The number of aromatic nitrogens is 1. The Morgan fingerprint density at radius 1 is 1.19 bits per heavy atom. The number of para-hydroxylation sites is 1. The maximum atomic E-state index is 9.86. The van der Waals surface area contributed by atoms with Gasteiger partial charge in [-0.15, -0.1) is 0 Å². The molecule has 2 heterocycles. The second-order valence-electron chi connectivity index (χ2n) is 4.23. The number of hydrogen-bond acceptors (Lipinski definition) is 3. The summed E-state index contributed by atoms with van der Waals surface area (Å²) in [4.78, 5) is 3.17. The summed E-state index contributed by atoms with van der Waals surface area (Å²) in [6.45, 7) is 0.436. The van der Waals surface area contributed by atoms with Gasteiger partial charge in [-0.1, -0.05) is 18.2 Å². The summed E-state index contributed by atoms with van der Waals surface area (Å²) < 4.78 is 0. The monoisotopic (exact) mass is 218 g/mol. The standard InChI is InChI=1S/C12H14N2O2/c15-10-6-14-11(12(10)16)8-5-13-9-4-2-1-3-7(8)9/h1-5,10-16H,6H2/t10-,11-,12+/m1/s1. The van der Waals surface area contributed by atoms with E-state index in [1.165, 1.54) is 0 Å². The number of aliphatic hydroxyl groups is 2. The molecule has 1 saturated heterocycles. The highest BCUT2D eigenvalue weighted by atomic mass is 16.3. The van der Waals surface area contributed by atoms with E-state index in [0.717, 1.165) is 16.5 Å². The fourth-order valence-electron chi connectivity index (χ4n) is 2.36. The normalized spacial score (nSPS) is 30.0. The van der Waals surface area contributed by atoms with Crippen molar-refractivity contribution in [1.29, 1.82) is 0 Å². The van der Waals surface area contributed by atoms with E-state index in [1.54, 1.807) is 0 Å². The van der Waals surface area contributed by atoms with E-state index in [1.807, 2.05) is 30.5 Å². The van der Waals surface area contributed by atoms with Crippen LogP contribution in [0.4, 0.5) is 0 Å². The number of aromatic amines is 1. The molecule has 1 aromatic heterocycles. The van der Waals surface area contributed by atoms with Gasteiger partial charge in [0.15, 0.2) is 0 Å². The fraction of sp³-hybridized carbons (Fsp3) is 0.333. The minimum absolute atomic E-state index is 0.189. The molecule has 1 aliphatic rings. The summed E-state index contributed by atoms with van der Waals surface area (Å²) in [6.07, 6.45) is 0.474. The number of H-pyrrole nitrogens is 1. The lowest BCUT2D eigenvalue weighted by molar-refractivity contribution is 0.0407. The zero-order chi connectivity index (χ0) is 11.1. The Morgan fingerprint density at radius 2 is 2.00 bits per heavy atom. The van der Waals surface area contributed by atoms with Crippen LogP contribution in [0.1, 0.15) is 11.6 Å². The molecule has 0 amide bonds. The van der Waals surface area contributed by atoms with Gasteiger partial charge in [-0.2, -0.15) is 0 Å². The van der Waals surface area contributed by atoms with E-state index in [-0.39, 0.29) is 6.04 Å². The summed E-state index contributed by atoms with van der Waals surface area (Å²) >= 11 is 0. The molecule has 0 unspecified atom stereocenters. The number of hydrogen-bond donors (Lipinski definition) is 4. The molecule has 4 nitrogen and oxygen atoms in total. The van der Waals surface area contributed by atoms with Crippen LogP contribution in [0.25, 0.3) is 10.9 Å². The smallest absolute Gasteiger partial charge is 0.101 e. The number of rotatable bonds is 1. The lowest BCUT2D eigenvalue weighted by Crippen LogP contribution is -2.25. The van der Waals surface area contributed by atoms with E-state index < -0.39 is 12.2 Å². The van der Waals surface area contributed by atoms with Crippen LogP contribution < -0.4 is 5.32 Å². The Bertz CT molecular complexity index is 508. The third kappa shape index (κ3) is 1.35. The molecule has 1 aliphatic heterocycles. The summed E-state index contributed by atoms with van der Waals surface area (Å²) in [6, 6.07) is 7.76. The van der Waals surface area contributed by atoms with E-state index in [0.29, 0.717) is 6.54 Å². The largest absolute Gasteiger partial charge is 0.389 e. The van der Waals surface area contributed by atoms with Gasteiger partial charge in [0, 0.05) is 23.6 Å². The maximum absolute atomic E-state index is 9.86. The van der Waals surface area contributed by atoms with Gasteiger partial charge < -0.3 is 20.5 Å². The molecule has 4 N–H and O–H groups in total. The molecule has 0 spiro atoms. The number of aliphatic hydroxyl groups excluding tert-OH is 2. The van der Waals surface area contributed by atoms with Crippen molar-refractivity contribution in [2.24, 2.45) is 0 Å². The van der Waals surface area contributed by atoms with Crippen LogP contribution in [-0.2, 0) is 0 Å². The Labute approximate surface area is 92.9 Å². The van der Waals surface area contributed by atoms with Crippen molar-refractivity contribution in [2.45, 2.75) is 18.2 Å². The minimum atomic E-state index is -0.737. The van der Waals surface area contributed by atoms with Gasteiger partial charge in [0.1, 0.15) is 6.10 Å². The number of β-amino-alcohol motifs (C(OH)–C–C–N with tert-alkyl or cyclic N) is 1. The third-order valence-corrected chi connectivity index (χ3v) is 3.24. The summed E-state index contributed by atoms with van der Waals surface area (Å²) in [5, 5.41) is 23.6. The maximum Gasteiger partial charge on any atom is 0.101 e. The van der Waals surface area contributed by atoms with Gasteiger partial charge in [0.05, 0.1) is 12.1 Å². The van der Waals surface area contributed by atoms with Gasteiger partial charge in [0.2, 0.25) is 0 Å². The van der Waals surface area contributed by atoms with E-state index >= 15 is 0 Å². The van der Waals surface area contributed by atoms with Gasteiger partial charge in [-0.25, -0.2) is 0 Å². The average Bonchev–Trinajstić information content (AvgIpc) is 2.85. The Balaban J connectivity index is 2.06. The number of benzene rings is 1. The molecule has 0 bridgehead atoms. The molecule has 3 rings (SSSR count). The molecular formula is C12H14N2O2. The first kappa shape index (κ1) is 9.84. The van der Waals surface area contributed by atoms with Crippen molar-refractivity contribution in [2.75, 3.05) is 6.54 Å². The highest BCUT2D eigenvalue weighted by molar-refractivity contribution is 5.83. The first-order valence-corrected chi connectivity index (χ1v) is 5.43. The number of fused-ring (bicyclic) bond motifs is 1. The minimum Gasteiger partial charge on any atom is -0.389 e. The first-order chi connectivity index (χ1) is 7.77. The highest BCUT2D eigenvalue weighted by Crippen LogP contribution is 2.29. The van der Waals surface area contributed by atoms with Crippen LogP contribution in [0.2, 0.25) is 0 Å². The molecule has 0 radical (unpaired) electrons. The van der Waals surface area contributed by atoms with Crippen LogP contribution in [0.5, 0.6) is 0 Å². The third-order valence-electron chi connectivity index (χ3n) is 3.24. The molecule has 3 atom stereocenters. The molecule has 84 valence electrons. The first-order valence-electron chi connectivity index (χ1n) is 5.43. The zero-order valence-electron chi connectivity index (χ0n) is 8.72. The summed E-state index contributed by atoms with van der Waals surface area (Å²) in [5.74, 6) is 0. The van der Waals surface area contributed by atoms with Crippen molar-refractivity contribution < 1.29 is 10.2 Å². The quantitative estimate of drug-likeness (QED) is 0.564. The van der Waals surface area contributed by atoms with Crippen LogP contribution in [0, 0.1) is 0 Å². The predicted molar refractivity (Wildman–Crippen MR) is 61.1 cm³/mol. The topological polar surface area (TPSA) is 68.3 Å². The summed E-state index contributed by atoms with van der Waals surface area (Å²) in [5.41, 5.74) is 2.06. The van der Waals surface area contributed by atoms with Gasteiger partial charge in [-0.3, -0.25) is 0 Å². The lowest BCUT2D eigenvalue weighted by atomic mass is 10.0. The molecule has 2 aromatic rings. The lowest BCUT2D eigenvalue weighted by Gasteiger charge is -2.15. The zero-order valence-corrected chi connectivity index (χ0v) is 8.72.